The van der Waals surface area contributed by atoms with Crippen molar-refractivity contribution in [1.29, 1.82) is 0 Å². The maximum atomic E-state index is 12.6. The number of hydrogen-bond donors (Lipinski definition) is 2. The summed E-state index contributed by atoms with van der Waals surface area (Å²) in [5.74, 6) is 0.937. The van der Waals surface area contributed by atoms with Gasteiger partial charge in [-0.3, -0.25) is 9.59 Å². The molecule has 3 rings (SSSR count). The van der Waals surface area contributed by atoms with Crippen LogP contribution < -0.4 is 10.1 Å². The normalized spacial score (nSPS) is 12.3. The zero-order chi connectivity index (χ0) is 27.9. The zero-order valence-corrected chi connectivity index (χ0v) is 23.0. The Morgan fingerprint density at radius 1 is 1.08 bits per heavy atom. The molecule has 0 spiro atoms. The SMILES string of the molecule is Cc1oc(-c2ccccc2)nc1CCOc1ccc(CCC(=O)OC(C)(C)C)c(C(O)C(=O)NC(C)C)c1. The van der Waals surface area contributed by atoms with Crippen LogP contribution in [0.25, 0.3) is 11.5 Å². The lowest BCUT2D eigenvalue weighted by Gasteiger charge is -2.21. The van der Waals surface area contributed by atoms with Crippen LogP contribution in [0, 0.1) is 6.92 Å². The summed E-state index contributed by atoms with van der Waals surface area (Å²) in [5.41, 5.74) is 2.19. The molecule has 1 atom stereocenters. The minimum Gasteiger partial charge on any atom is -0.493 e. The zero-order valence-electron chi connectivity index (χ0n) is 23.0. The molecule has 0 fully saturated rings. The van der Waals surface area contributed by atoms with Gasteiger partial charge in [0.2, 0.25) is 5.89 Å². The molecule has 3 aromatic rings. The molecule has 0 bridgehead atoms. The van der Waals surface area contributed by atoms with E-state index in [-0.39, 0.29) is 18.4 Å². The molecule has 1 heterocycles. The van der Waals surface area contributed by atoms with Gasteiger partial charge in [0.25, 0.3) is 5.91 Å². The van der Waals surface area contributed by atoms with Gasteiger partial charge in [-0.25, -0.2) is 4.98 Å². The minimum atomic E-state index is -1.40. The molecule has 8 nitrogen and oxygen atoms in total. The number of aromatic nitrogens is 1. The van der Waals surface area contributed by atoms with Crippen LogP contribution in [0.1, 0.15) is 69.7 Å². The van der Waals surface area contributed by atoms with Crippen molar-refractivity contribution >= 4 is 11.9 Å². The second-order valence-electron chi connectivity index (χ2n) is 10.5. The first-order chi connectivity index (χ1) is 17.9. The molecule has 1 aromatic heterocycles. The number of aryl methyl sites for hydroxylation is 2. The van der Waals surface area contributed by atoms with Gasteiger partial charge in [0.05, 0.1) is 12.3 Å². The Labute approximate surface area is 224 Å². The van der Waals surface area contributed by atoms with E-state index in [1.165, 1.54) is 0 Å². The second-order valence-corrected chi connectivity index (χ2v) is 10.5. The molecule has 1 unspecified atom stereocenters. The number of nitrogens with zero attached hydrogens (tertiary/aromatic N) is 1. The standard InChI is InChI=1S/C30H38N2O6/c1-19(2)31-28(35)27(34)24-18-23(14-12-21(24)13-15-26(33)38-30(4,5)6)36-17-16-25-20(3)37-29(32-25)22-10-8-7-9-11-22/h7-12,14,18-19,27,34H,13,15-17H2,1-6H3,(H,31,35). The fraction of sp³-hybridized carbons (Fsp3) is 0.433. The highest BCUT2D eigenvalue weighted by Crippen LogP contribution is 2.27. The number of nitrogens with one attached hydrogen (secondary N) is 1. The number of amides is 1. The highest BCUT2D eigenvalue weighted by atomic mass is 16.6. The van der Waals surface area contributed by atoms with E-state index < -0.39 is 17.6 Å². The van der Waals surface area contributed by atoms with Crippen LogP contribution in [0.2, 0.25) is 0 Å². The van der Waals surface area contributed by atoms with Gasteiger partial charge in [-0.1, -0.05) is 24.3 Å². The lowest BCUT2D eigenvalue weighted by molar-refractivity contribution is -0.154. The van der Waals surface area contributed by atoms with Gasteiger partial charge in [-0.05, 0) is 83.4 Å². The first kappa shape index (κ1) is 28.9. The highest BCUT2D eigenvalue weighted by molar-refractivity contribution is 5.82. The van der Waals surface area contributed by atoms with Crippen molar-refractivity contribution in [3.8, 4) is 17.2 Å². The number of hydrogen-bond acceptors (Lipinski definition) is 7. The Hall–Kier alpha value is -3.65. The van der Waals surface area contributed by atoms with E-state index >= 15 is 0 Å². The van der Waals surface area contributed by atoms with Crippen LogP contribution in [-0.4, -0.2) is 40.2 Å². The van der Waals surface area contributed by atoms with Gasteiger partial charge in [-0.2, -0.15) is 0 Å². The molecule has 38 heavy (non-hydrogen) atoms. The van der Waals surface area contributed by atoms with Crippen molar-refractivity contribution in [2.24, 2.45) is 0 Å². The molecular weight excluding hydrogens is 484 g/mol. The molecule has 2 N–H and O–H groups in total. The number of carbonyl (C=O) groups excluding carboxylic acids is 2. The van der Waals surface area contributed by atoms with Crippen molar-refractivity contribution in [3.63, 3.8) is 0 Å². The molecule has 2 aromatic carbocycles. The Balaban J connectivity index is 1.72. The molecule has 0 aliphatic rings. The lowest BCUT2D eigenvalue weighted by Crippen LogP contribution is -2.34. The van der Waals surface area contributed by atoms with E-state index in [2.05, 4.69) is 10.3 Å². The third-order valence-corrected chi connectivity index (χ3v) is 5.63. The van der Waals surface area contributed by atoms with Crippen molar-refractivity contribution in [2.75, 3.05) is 6.61 Å². The van der Waals surface area contributed by atoms with E-state index in [9.17, 15) is 14.7 Å². The Kier molecular flexibility index (Phi) is 9.69. The van der Waals surface area contributed by atoms with E-state index in [4.69, 9.17) is 13.9 Å². The monoisotopic (exact) mass is 522 g/mol. The molecule has 0 saturated heterocycles. The van der Waals surface area contributed by atoms with Crippen molar-refractivity contribution in [3.05, 3.63) is 71.1 Å². The number of oxazole rings is 1. The van der Waals surface area contributed by atoms with E-state index in [0.29, 0.717) is 42.2 Å². The van der Waals surface area contributed by atoms with Crippen LogP contribution >= 0.6 is 0 Å². The lowest BCUT2D eigenvalue weighted by atomic mass is 9.97. The first-order valence-corrected chi connectivity index (χ1v) is 12.9. The summed E-state index contributed by atoms with van der Waals surface area (Å²) in [6.45, 7) is 11.3. The average Bonchev–Trinajstić information content (AvgIpc) is 3.22. The molecular formula is C30H38N2O6. The van der Waals surface area contributed by atoms with Crippen LogP contribution in [0.4, 0.5) is 0 Å². The quantitative estimate of drug-likeness (QED) is 0.337. The van der Waals surface area contributed by atoms with Crippen LogP contribution in [0.15, 0.2) is 52.9 Å². The van der Waals surface area contributed by atoms with Gasteiger partial charge >= 0.3 is 5.97 Å². The molecule has 0 aliphatic carbocycles. The summed E-state index contributed by atoms with van der Waals surface area (Å²) < 4.78 is 17.2. The topological polar surface area (TPSA) is 111 Å². The third kappa shape index (κ3) is 8.45. The third-order valence-electron chi connectivity index (χ3n) is 5.63. The number of aliphatic hydroxyl groups is 1. The molecule has 1 amide bonds. The maximum Gasteiger partial charge on any atom is 0.306 e. The first-order valence-electron chi connectivity index (χ1n) is 12.9. The van der Waals surface area contributed by atoms with E-state index in [1.807, 2.05) is 71.9 Å². The predicted octanol–water partition coefficient (Wildman–Crippen LogP) is 5.10. The summed E-state index contributed by atoms with van der Waals surface area (Å²) >= 11 is 0. The summed E-state index contributed by atoms with van der Waals surface area (Å²) in [6, 6.07) is 14.8. The Bertz CT molecular complexity index is 1230. The number of aliphatic hydroxyl groups excluding tert-OH is 1. The van der Waals surface area contributed by atoms with Crippen molar-refractivity contribution < 1.29 is 28.6 Å². The fourth-order valence-electron chi connectivity index (χ4n) is 3.91. The summed E-state index contributed by atoms with van der Waals surface area (Å²) in [7, 11) is 0. The molecule has 0 radical (unpaired) electrons. The van der Waals surface area contributed by atoms with Crippen LogP contribution in [-0.2, 0) is 27.2 Å². The summed E-state index contributed by atoms with van der Waals surface area (Å²) in [5, 5.41) is 13.6. The van der Waals surface area contributed by atoms with Crippen molar-refractivity contribution in [1.82, 2.24) is 10.3 Å². The maximum absolute atomic E-state index is 12.6. The summed E-state index contributed by atoms with van der Waals surface area (Å²) in [6.07, 6.45) is -0.440. The Morgan fingerprint density at radius 3 is 2.45 bits per heavy atom. The number of ether oxygens (including phenoxy) is 2. The minimum absolute atomic E-state index is 0.123. The number of rotatable bonds is 11. The van der Waals surface area contributed by atoms with Crippen molar-refractivity contribution in [2.45, 2.75) is 78.6 Å². The van der Waals surface area contributed by atoms with Gasteiger partial charge in [0, 0.05) is 24.4 Å². The second kappa shape index (κ2) is 12.7. The summed E-state index contributed by atoms with van der Waals surface area (Å²) in [4.78, 5) is 29.4. The molecule has 204 valence electrons. The van der Waals surface area contributed by atoms with E-state index in [1.54, 1.807) is 18.2 Å². The fourth-order valence-corrected chi connectivity index (χ4v) is 3.91. The average molecular weight is 523 g/mol. The molecule has 8 heteroatoms. The molecule has 0 saturated carbocycles. The van der Waals surface area contributed by atoms with Gasteiger partial charge in [-0.15, -0.1) is 0 Å². The largest absolute Gasteiger partial charge is 0.493 e. The van der Waals surface area contributed by atoms with Gasteiger partial charge < -0.3 is 24.3 Å². The molecule has 0 aliphatic heterocycles. The Morgan fingerprint density at radius 2 is 1.79 bits per heavy atom. The van der Waals surface area contributed by atoms with Gasteiger partial charge in [0.15, 0.2) is 6.10 Å². The number of esters is 1. The predicted molar refractivity (Wildman–Crippen MR) is 145 cm³/mol. The number of benzene rings is 2. The van der Waals surface area contributed by atoms with Gasteiger partial charge in [0.1, 0.15) is 17.1 Å². The van der Waals surface area contributed by atoms with E-state index in [0.717, 1.165) is 17.0 Å². The highest BCUT2D eigenvalue weighted by Gasteiger charge is 2.23. The number of carbonyl (C=O) groups is 2. The van der Waals surface area contributed by atoms with Crippen LogP contribution in [0.3, 0.4) is 0 Å². The van der Waals surface area contributed by atoms with Crippen LogP contribution in [0.5, 0.6) is 5.75 Å². The smallest absolute Gasteiger partial charge is 0.306 e.